The second-order valence-electron chi connectivity index (χ2n) is 14.4. The second kappa shape index (κ2) is 12.7. The molecule has 5 rings (SSSR count). The molecule has 0 radical (unpaired) electrons. The molecule has 1 unspecified atom stereocenters. The maximum Gasteiger partial charge on any atom is 0.410 e. The summed E-state index contributed by atoms with van der Waals surface area (Å²) in [6, 6.07) is 2.69. The molecule has 2 fully saturated rings. The summed E-state index contributed by atoms with van der Waals surface area (Å²) in [6.07, 6.45) is 6.88. The average Bonchev–Trinajstić information content (AvgIpc) is 3.23. The third-order valence-electron chi connectivity index (χ3n) is 8.47. The van der Waals surface area contributed by atoms with Crippen molar-refractivity contribution in [3.8, 4) is 0 Å². The molecule has 1 atom stereocenters. The summed E-state index contributed by atoms with van der Waals surface area (Å²) in [6.45, 7) is 12.0. The molecule has 3 heterocycles. The number of hydrogen-bond acceptors (Lipinski definition) is 7. The van der Waals surface area contributed by atoms with Crippen molar-refractivity contribution in [1.82, 2.24) is 20.6 Å². The molecule has 3 aliphatic rings. The molecule has 0 bridgehead atoms. The minimum absolute atomic E-state index is 0.0245. The minimum Gasteiger partial charge on any atom is -0.444 e. The summed E-state index contributed by atoms with van der Waals surface area (Å²) in [4.78, 5) is 57.5. The molecular formula is C33H46N6O6. The smallest absolute Gasteiger partial charge is 0.410 e. The Morgan fingerprint density at radius 3 is 2.27 bits per heavy atom. The van der Waals surface area contributed by atoms with Crippen molar-refractivity contribution in [2.45, 2.75) is 110 Å². The lowest BCUT2D eigenvalue weighted by atomic mass is 9.83. The molecule has 12 nitrogen and oxygen atoms in total. The number of anilines is 1. The van der Waals surface area contributed by atoms with Crippen molar-refractivity contribution in [3.63, 3.8) is 0 Å². The number of nitrogens with zero attached hydrogens (tertiary/aromatic N) is 2. The van der Waals surface area contributed by atoms with E-state index in [2.05, 4.69) is 26.1 Å². The molecule has 1 aromatic carbocycles. The van der Waals surface area contributed by atoms with Crippen molar-refractivity contribution >= 4 is 46.8 Å². The van der Waals surface area contributed by atoms with Gasteiger partial charge in [0.05, 0.1) is 11.8 Å². The molecule has 1 aliphatic carbocycles. The molecular weight excluding hydrogens is 576 g/mol. The lowest BCUT2D eigenvalue weighted by Crippen LogP contribution is -2.50. The molecule has 1 saturated carbocycles. The van der Waals surface area contributed by atoms with Crippen LogP contribution in [0.3, 0.4) is 0 Å². The van der Waals surface area contributed by atoms with Gasteiger partial charge >= 0.3 is 12.2 Å². The summed E-state index contributed by atoms with van der Waals surface area (Å²) in [7, 11) is 0. The predicted octanol–water partition coefficient (Wildman–Crippen LogP) is 5.77. The molecule has 45 heavy (non-hydrogen) atoms. The summed E-state index contributed by atoms with van der Waals surface area (Å²) >= 11 is 0. The fraction of sp³-hybridized carbons (Fsp3) is 0.606. The molecule has 1 aromatic heterocycles. The number of aromatic nitrogens is 1. The van der Waals surface area contributed by atoms with Crippen molar-refractivity contribution in [1.29, 1.82) is 0 Å². The summed E-state index contributed by atoms with van der Waals surface area (Å²) < 4.78 is 11.0. The van der Waals surface area contributed by atoms with Gasteiger partial charge in [-0.1, -0.05) is 19.3 Å². The van der Waals surface area contributed by atoms with Crippen molar-refractivity contribution in [2.75, 3.05) is 18.4 Å². The summed E-state index contributed by atoms with van der Waals surface area (Å²) in [5, 5.41) is 10.7. The van der Waals surface area contributed by atoms with Crippen LogP contribution in [0.15, 0.2) is 17.2 Å². The Labute approximate surface area is 264 Å². The zero-order chi connectivity index (χ0) is 32.5. The van der Waals surface area contributed by atoms with Crippen LogP contribution in [0.5, 0.6) is 0 Å². The van der Waals surface area contributed by atoms with Gasteiger partial charge in [0, 0.05) is 46.9 Å². The monoisotopic (exact) mass is 622 g/mol. The van der Waals surface area contributed by atoms with Crippen LogP contribution in [0.25, 0.3) is 10.9 Å². The maximum atomic E-state index is 13.7. The highest BCUT2D eigenvalue weighted by atomic mass is 16.6. The highest BCUT2D eigenvalue weighted by Crippen LogP contribution is 2.37. The number of carbonyl (C=O) groups is 4. The number of nitrogens with one attached hydrogen (secondary N) is 4. The number of H-pyrrole nitrogens is 1. The number of piperidine rings is 1. The lowest BCUT2D eigenvalue weighted by Gasteiger charge is -2.33. The van der Waals surface area contributed by atoms with E-state index in [0.29, 0.717) is 42.7 Å². The van der Waals surface area contributed by atoms with Crippen LogP contribution in [0.2, 0.25) is 0 Å². The van der Waals surface area contributed by atoms with E-state index in [9.17, 15) is 19.2 Å². The van der Waals surface area contributed by atoms with Gasteiger partial charge in [0.1, 0.15) is 17.2 Å². The number of carbonyl (C=O) groups excluding carboxylic acids is 4. The van der Waals surface area contributed by atoms with Crippen molar-refractivity contribution in [2.24, 2.45) is 11.0 Å². The molecule has 2 aromatic rings. The van der Waals surface area contributed by atoms with Gasteiger partial charge in [0.15, 0.2) is 0 Å². The van der Waals surface area contributed by atoms with E-state index in [0.717, 1.165) is 48.7 Å². The molecule has 12 heteroatoms. The minimum atomic E-state index is -0.780. The Hall–Kier alpha value is -4.09. The fourth-order valence-electron chi connectivity index (χ4n) is 6.50. The normalized spacial score (nSPS) is 18.6. The number of hydrazone groups is 1. The van der Waals surface area contributed by atoms with Gasteiger partial charge in [-0.3, -0.25) is 9.59 Å². The van der Waals surface area contributed by atoms with Crippen molar-refractivity contribution in [3.05, 3.63) is 29.0 Å². The highest BCUT2D eigenvalue weighted by Gasteiger charge is 2.34. The average molecular weight is 623 g/mol. The van der Waals surface area contributed by atoms with Gasteiger partial charge in [-0.25, -0.2) is 15.0 Å². The van der Waals surface area contributed by atoms with Crippen LogP contribution < -0.4 is 16.1 Å². The summed E-state index contributed by atoms with van der Waals surface area (Å²) in [5.41, 5.74) is 4.59. The van der Waals surface area contributed by atoms with E-state index >= 15 is 0 Å². The number of benzene rings is 1. The Morgan fingerprint density at radius 2 is 1.62 bits per heavy atom. The number of aromatic amines is 1. The predicted molar refractivity (Wildman–Crippen MR) is 172 cm³/mol. The SMILES string of the molecule is CC(C)(C)OC(=O)NC(C(=O)Nc1cc2c3c(c(C4CCN(C(=O)OC(C)(C)C)CC4)[nH]c3c1)C=NNC2=O)C1CCCCC1. The largest absolute Gasteiger partial charge is 0.444 e. The Bertz CT molecular complexity index is 1490. The van der Waals surface area contributed by atoms with Gasteiger partial charge in [-0.15, -0.1) is 0 Å². The molecule has 2 aliphatic heterocycles. The van der Waals surface area contributed by atoms with Crippen LogP contribution in [-0.4, -0.2) is 70.4 Å². The van der Waals surface area contributed by atoms with E-state index in [-0.39, 0.29) is 29.7 Å². The number of amides is 4. The molecule has 1 saturated heterocycles. The number of likely N-dealkylation sites (tertiary alicyclic amines) is 1. The van der Waals surface area contributed by atoms with Crippen LogP contribution in [0.1, 0.15) is 114 Å². The summed E-state index contributed by atoms with van der Waals surface area (Å²) in [5.74, 6) is -0.660. The first-order valence-corrected chi connectivity index (χ1v) is 16.0. The number of ether oxygens (including phenoxy) is 2. The van der Waals surface area contributed by atoms with Crippen LogP contribution >= 0.6 is 0 Å². The highest BCUT2D eigenvalue weighted by molar-refractivity contribution is 6.16. The third-order valence-corrected chi connectivity index (χ3v) is 8.47. The topological polar surface area (TPSA) is 154 Å². The molecule has 244 valence electrons. The standard InChI is InChI=1S/C33H46N6O6/c1-32(2,3)44-30(42)37-27(19-10-8-7-9-11-19)29(41)35-21-16-22-25-23(18-34-38-28(22)40)26(36-24(25)17-21)20-12-14-39(15-13-20)31(43)45-33(4,5)6/h16-20,27,36H,7-15H2,1-6H3,(H,35,41)(H,37,42)(H,38,40). The van der Waals surface area contributed by atoms with Crippen LogP contribution in [-0.2, 0) is 14.3 Å². The van der Waals surface area contributed by atoms with Crippen LogP contribution in [0.4, 0.5) is 15.3 Å². The fourth-order valence-corrected chi connectivity index (χ4v) is 6.50. The van der Waals surface area contributed by atoms with E-state index in [4.69, 9.17) is 9.47 Å². The maximum absolute atomic E-state index is 13.7. The van der Waals surface area contributed by atoms with E-state index in [1.165, 1.54) is 0 Å². The van der Waals surface area contributed by atoms with Gasteiger partial charge in [0.25, 0.3) is 5.91 Å². The first-order valence-electron chi connectivity index (χ1n) is 16.0. The third kappa shape index (κ3) is 7.77. The number of rotatable bonds is 5. The second-order valence-corrected chi connectivity index (χ2v) is 14.4. The number of hydrogen-bond donors (Lipinski definition) is 4. The zero-order valence-corrected chi connectivity index (χ0v) is 27.2. The number of alkyl carbamates (subject to hydrolysis) is 1. The van der Waals surface area contributed by atoms with Crippen LogP contribution in [0, 0.1) is 5.92 Å². The quantitative estimate of drug-likeness (QED) is 0.332. The molecule has 0 spiro atoms. The first-order chi connectivity index (χ1) is 21.2. The first kappa shape index (κ1) is 32.3. The lowest BCUT2D eigenvalue weighted by molar-refractivity contribution is -0.119. The Morgan fingerprint density at radius 1 is 0.956 bits per heavy atom. The zero-order valence-electron chi connectivity index (χ0n) is 27.2. The van der Waals surface area contributed by atoms with E-state index in [1.54, 1.807) is 38.0 Å². The van der Waals surface area contributed by atoms with E-state index in [1.807, 2.05) is 26.8 Å². The molecule has 4 amide bonds. The van der Waals surface area contributed by atoms with Gasteiger partial charge in [-0.05, 0) is 85.3 Å². The molecule has 4 N–H and O–H groups in total. The Balaban J connectivity index is 1.39. The van der Waals surface area contributed by atoms with Gasteiger partial charge < -0.3 is 30.0 Å². The van der Waals surface area contributed by atoms with Gasteiger partial charge in [-0.2, -0.15) is 5.10 Å². The Kier molecular flexibility index (Phi) is 9.14. The van der Waals surface area contributed by atoms with E-state index < -0.39 is 23.3 Å². The van der Waals surface area contributed by atoms with Crippen molar-refractivity contribution < 1.29 is 28.7 Å². The van der Waals surface area contributed by atoms with Gasteiger partial charge in [0.2, 0.25) is 5.91 Å².